The lowest BCUT2D eigenvalue weighted by Gasteiger charge is -2.02. The van der Waals surface area contributed by atoms with Gasteiger partial charge in [0.1, 0.15) is 17.2 Å². The molecule has 0 aliphatic rings. The summed E-state index contributed by atoms with van der Waals surface area (Å²) in [5, 5.41) is 28.1. The normalized spacial score (nSPS) is 10.7. The minimum absolute atomic E-state index is 0.118. The summed E-state index contributed by atoms with van der Waals surface area (Å²) in [7, 11) is 1.48. The van der Waals surface area contributed by atoms with Crippen molar-refractivity contribution in [3.05, 3.63) is 52.6 Å². The summed E-state index contributed by atoms with van der Waals surface area (Å²) >= 11 is 0. The summed E-state index contributed by atoms with van der Waals surface area (Å²) in [4.78, 5) is 10.3. The zero-order valence-corrected chi connectivity index (χ0v) is 10.6. The molecule has 0 saturated carbocycles. The van der Waals surface area contributed by atoms with Gasteiger partial charge in [0.25, 0.3) is 5.69 Å². The molecule has 1 N–H and O–H groups in total. The van der Waals surface area contributed by atoms with Gasteiger partial charge in [-0.25, -0.2) is 0 Å². The van der Waals surface area contributed by atoms with Gasteiger partial charge in [0, 0.05) is 12.1 Å². The highest BCUT2D eigenvalue weighted by molar-refractivity contribution is 5.58. The van der Waals surface area contributed by atoms with Crippen molar-refractivity contribution in [1.29, 1.82) is 0 Å². The van der Waals surface area contributed by atoms with E-state index in [0.29, 0.717) is 5.75 Å². The molecule has 0 fully saturated rings. The fraction of sp³-hybridized carbons (Fsp3) is 0.0769. The van der Waals surface area contributed by atoms with Gasteiger partial charge >= 0.3 is 0 Å². The summed E-state index contributed by atoms with van der Waals surface area (Å²) in [6.45, 7) is 0. The Morgan fingerprint density at radius 2 is 1.85 bits per heavy atom. The second-order valence-electron chi connectivity index (χ2n) is 3.80. The van der Waals surface area contributed by atoms with E-state index in [4.69, 9.17) is 4.74 Å². The Kier molecular flexibility index (Phi) is 3.90. The van der Waals surface area contributed by atoms with Gasteiger partial charge in [0.2, 0.25) is 0 Å². The molecule has 0 saturated heterocycles. The van der Waals surface area contributed by atoms with Crippen molar-refractivity contribution < 1.29 is 14.8 Å². The number of methoxy groups -OCH3 is 1. The Labute approximate surface area is 114 Å². The Balaban J connectivity index is 2.32. The first-order chi connectivity index (χ1) is 9.61. The number of phenolic OH excluding ortho intramolecular Hbond substituents is 1. The fourth-order valence-electron chi connectivity index (χ4n) is 1.53. The van der Waals surface area contributed by atoms with Crippen LogP contribution in [-0.2, 0) is 0 Å². The molecule has 20 heavy (non-hydrogen) atoms. The number of rotatable bonds is 4. The smallest absolute Gasteiger partial charge is 0.296 e. The van der Waals surface area contributed by atoms with Crippen molar-refractivity contribution in [3.63, 3.8) is 0 Å². The maximum absolute atomic E-state index is 10.8. The predicted octanol–water partition coefficient (Wildman–Crippen LogP) is 3.72. The van der Waals surface area contributed by atoms with Crippen LogP contribution in [0.3, 0.4) is 0 Å². The van der Waals surface area contributed by atoms with E-state index in [-0.39, 0.29) is 22.8 Å². The van der Waals surface area contributed by atoms with E-state index >= 15 is 0 Å². The number of ether oxygens (including phenoxy) is 1. The number of hydrogen-bond acceptors (Lipinski definition) is 6. The zero-order chi connectivity index (χ0) is 14.5. The molecule has 2 rings (SSSR count). The second kappa shape index (κ2) is 5.79. The number of para-hydroxylation sites is 1. The van der Waals surface area contributed by atoms with Crippen molar-refractivity contribution in [1.82, 2.24) is 0 Å². The first-order valence-electron chi connectivity index (χ1n) is 5.64. The molecule has 0 aliphatic carbocycles. The molecule has 7 heteroatoms. The number of nitrogens with zero attached hydrogens (tertiary/aromatic N) is 3. The van der Waals surface area contributed by atoms with Gasteiger partial charge in [-0.3, -0.25) is 10.1 Å². The molecule has 2 aromatic carbocycles. The van der Waals surface area contributed by atoms with Crippen molar-refractivity contribution in [2.75, 3.05) is 7.11 Å². The highest BCUT2D eigenvalue weighted by Gasteiger charge is 2.11. The van der Waals surface area contributed by atoms with Gasteiger partial charge in [-0.05, 0) is 18.2 Å². The third kappa shape index (κ3) is 2.89. The topological polar surface area (TPSA) is 97.3 Å². The maximum atomic E-state index is 10.8. The molecular weight excluding hydrogens is 262 g/mol. The summed E-state index contributed by atoms with van der Waals surface area (Å²) in [6.07, 6.45) is 0. The lowest BCUT2D eigenvalue weighted by Crippen LogP contribution is -1.87. The first-order valence-corrected chi connectivity index (χ1v) is 5.64. The molecule has 0 bridgehead atoms. The Bertz CT molecular complexity index is 670. The zero-order valence-electron chi connectivity index (χ0n) is 10.6. The molecule has 0 spiro atoms. The maximum Gasteiger partial charge on any atom is 0.296 e. The Morgan fingerprint density at radius 1 is 1.15 bits per heavy atom. The summed E-state index contributed by atoms with van der Waals surface area (Å²) in [6, 6.07) is 10.5. The monoisotopic (exact) mass is 273 g/mol. The fourth-order valence-corrected chi connectivity index (χ4v) is 1.53. The largest absolute Gasteiger partial charge is 0.505 e. The van der Waals surface area contributed by atoms with Crippen LogP contribution in [-0.4, -0.2) is 17.1 Å². The lowest BCUT2D eigenvalue weighted by molar-refractivity contribution is -0.384. The van der Waals surface area contributed by atoms with Crippen LogP contribution in [0, 0.1) is 10.1 Å². The molecule has 0 amide bonds. The summed E-state index contributed by atoms with van der Waals surface area (Å²) in [5.74, 6) is 0.360. The molecule has 0 atom stereocenters. The van der Waals surface area contributed by atoms with Crippen LogP contribution in [0.5, 0.6) is 11.5 Å². The molecule has 102 valence electrons. The van der Waals surface area contributed by atoms with E-state index in [9.17, 15) is 15.2 Å². The average Bonchev–Trinajstić information content (AvgIpc) is 2.46. The van der Waals surface area contributed by atoms with E-state index in [1.165, 1.54) is 31.4 Å². The third-order valence-electron chi connectivity index (χ3n) is 2.53. The minimum atomic E-state index is -0.539. The Morgan fingerprint density at radius 3 is 2.50 bits per heavy atom. The number of azo groups is 1. The molecule has 0 unspecified atom stereocenters. The van der Waals surface area contributed by atoms with Crippen molar-refractivity contribution in [3.8, 4) is 11.5 Å². The summed E-state index contributed by atoms with van der Waals surface area (Å²) < 4.78 is 4.94. The number of nitro groups is 1. The van der Waals surface area contributed by atoms with Crippen LogP contribution in [0.2, 0.25) is 0 Å². The van der Waals surface area contributed by atoms with Crippen LogP contribution in [0.1, 0.15) is 0 Å². The highest BCUT2D eigenvalue weighted by atomic mass is 16.6. The van der Waals surface area contributed by atoms with E-state index in [0.717, 1.165) is 0 Å². The quantitative estimate of drug-likeness (QED) is 0.521. The van der Waals surface area contributed by atoms with Crippen LogP contribution in [0.4, 0.5) is 17.1 Å². The van der Waals surface area contributed by atoms with Gasteiger partial charge in [0.15, 0.2) is 5.69 Å². The van der Waals surface area contributed by atoms with Gasteiger partial charge in [0.05, 0.1) is 12.0 Å². The molecule has 7 nitrogen and oxygen atoms in total. The van der Waals surface area contributed by atoms with Gasteiger partial charge in [-0.1, -0.05) is 12.1 Å². The van der Waals surface area contributed by atoms with Gasteiger partial charge in [-0.2, -0.15) is 0 Å². The van der Waals surface area contributed by atoms with Crippen LogP contribution < -0.4 is 4.74 Å². The summed E-state index contributed by atoms with van der Waals surface area (Å²) in [5.41, 5.74) is 0.168. The van der Waals surface area contributed by atoms with E-state index < -0.39 is 4.92 Å². The Hall–Kier alpha value is -2.96. The molecule has 2 aromatic rings. The lowest BCUT2D eigenvalue weighted by atomic mass is 10.3. The number of hydrogen-bond donors (Lipinski definition) is 1. The van der Waals surface area contributed by atoms with E-state index in [1.807, 2.05) is 0 Å². The van der Waals surface area contributed by atoms with Crippen molar-refractivity contribution in [2.45, 2.75) is 0 Å². The second-order valence-corrected chi connectivity index (χ2v) is 3.80. The molecule has 0 aromatic heterocycles. The number of aromatic hydroxyl groups is 1. The SMILES string of the molecule is COc1ccc(/N=N/c2ccccc2[N+](=O)[O-])c(O)c1. The van der Waals surface area contributed by atoms with Crippen LogP contribution in [0.15, 0.2) is 52.7 Å². The van der Waals surface area contributed by atoms with E-state index in [2.05, 4.69) is 10.2 Å². The third-order valence-corrected chi connectivity index (χ3v) is 2.53. The van der Waals surface area contributed by atoms with Crippen LogP contribution >= 0.6 is 0 Å². The van der Waals surface area contributed by atoms with Crippen molar-refractivity contribution >= 4 is 17.1 Å². The number of nitro benzene ring substituents is 1. The van der Waals surface area contributed by atoms with Gasteiger partial charge < -0.3 is 9.84 Å². The van der Waals surface area contributed by atoms with E-state index in [1.54, 1.807) is 18.2 Å². The number of phenols is 1. The first kappa shape index (κ1) is 13.5. The molecular formula is C13H11N3O4. The van der Waals surface area contributed by atoms with Crippen molar-refractivity contribution in [2.24, 2.45) is 10.2 Å². The number of benzene rings is 2. The minimum Gasteiger partial charge on any atom is -0.505 e. The standard InChI is InChI=1S/C13H11N3O4/c1-20-9-6-7-11(13(17)8-9)15-14-10-4-2-3-5-12(10)16(18)19/h2-8,17H,1H3/b15-14+. The molecule has 0 heterocycles. The van der Waals surface area contributed by atoms with Gasteiger partial charge in [-0.15, -0.1) is 10.2 Å². The predicted molar refractivity (Wildman–Crippen MR) is 71.9 cm³/mol. The average molecular weight is 273 g/mol. The molecule has 0 radical (unpaired) electrons. The van der Waals surface area contributed by atoms with Crippen LogP contribution in [0.25, 0.3) is 0 Å². The molecule has 0 aliphatic heterocycles. The highest BCUT2D eigenvalue weighted by Crippen LogP contribution is 2.33.